The van der Waals surface area contributed by atoms with Gasteiger partial charge in [-0.3, -0.25) is 19.4 Å². The van der Waals surface area contributed by atoms with Crippen molar-refractivity contribution in [1.82, 2.24) is 30.3 Å². The van der Waals surface area contributed by atoms with Crippen molar-refractivity contribution in [3.63, 3.8) is 0 Å². The lowest BCUT2D eigenvalue weighted by Crippen LogP contribution is -2.33. The highest BCUT2D eigenvalue weighted by atomic mass is 35.5. The normalized spacial score (nSPS) is 14.3. The Hall–Kier alpha value is -4.78. The fourth-order valence-corrected chi connectivity index (χ4v) is 6.09. The second-order valence-electron chi connectivity index (χ2n) is 12.1. The molecule has 4 amide bonds. The number of aryl methyl sites for hydroxylation is 1. The van der Waals surface area contributed by atoms with E-state index < -0.39 is 11.6 Å². The molecule has 2 aromatic carbocycles. The van der Waals surface area contributed by atoms with Crippen molar-refractivity contribution in [3.8, 4) is 22.4 Å². The highest BCUT2D eigenvalue weighted by Crippen LogP contribution is 2.30. The molecule has 0 radical (unpaired) electrons. The molecular formula is C35H36Cl2N8O4. The zero-order valence-corrected chi connectivity index (χ0v) is 28.4. The highest BCUT2D eigenvalue weighted by Gasteiger charge is 2.25. The Morgan fingerprint density at radius 1 is 0.878 bits per heavy atom. The maximum Gasteiger partial charge on any atom is 0.323 e. The van der Waals surface area contributed by atoms with Crippen LogP contribution in [0.15, 0.2) is 65.7 Å². The Balaban J connectivity index is 1.28. The van der Waals surface area contributed by atoms with E-state index in [1.54, 1.807) is 25.1 Å². The van der Waals surface area contributed by atoms with Gasteiger partial charge in [-0.2, -0.15) is 5.10 Å². The van der Waals surface area contributed by atoms with Gasteiger partial charge in [0.15, 0.2) is 0 Å². The van der Waals surface area contributed by atoms with Crippen LogP contribution in [0.5, 0.6) is 0 Å². The number of hydrogen-bond acceptors (Lipinski definition) is 7. The van der Waals surface area contributed by atoms with Crippen LogP contribution in [0.3, 0.4) is 0 Å². The minimum atomic E-state index is -0.729. The van der Waals surface area contributed by atoms with Crippen LogP contribution in [0.2, 0.25) is 10.0 Å². The first-order chi connectivity index (χ1) is 23.7. The predicted octanol–water partition coefficient (Wildman–Crippen LogP) is 5.66. The average Bonchev–Trinajstić information content (AvgIpc) is 3.77. The minimum absolute atomic E-state index is 0.0114. The van der Waals surface area contributed by atoms with Crippen LogP contribution in [-0.4, -0.2) is 69.7 Å². The van der Waals surface area contributed by atoms with Crippen molar-refractivity contribution in [2.24, 2.45) is 0 Å². The van der Waals surface area contributed by atoms with Crippen LogP contribution in [0.4, 0.5) is 16.2 Å². The lowest BCUT2D eigenvalue weighted by molar-refractivity contribution is 0.0949. The van der Waals surface area contributed by atoms with E-state index in [2.05, 4.69) is 36.2 Å². The first-order valence-electron chi connectivity index (χ1n) is 16.2. The fraction of sp³-hybridized carbons (Fsp3) is 0.314. The second-order valence-corrected chi connectivity index (χ2v) is 12.9. The number of halogens is 2. The molecule has 12 nitrogen and oxygen atoms in total. The molecule has 14 heteroatoms. The summed E-state index contributed by atoms with van der Waals surface area (Å²) < 4.78 is 1.25. The number of amides is 4. The number of carbonyl (C=O) groups is 3. The summed E-state index contributed by atoms with van der Waals surface area (Å²) in [7, 11) is 0. The molecule has 1 aliphatic heterocycles. The lowest BCUT2D eigenvalue weighted by Gasteiger charge is -2.15. The smallest absolute Gasteiger partial charge is 0.323 e. The standard InChI is InChI=1S/C35H36Cl2N8O4/c1-2-45-34(48)30(41-35(49)42-31-27(36)19-38-20-28(31)37)18-29(43-45)22-7-5-6-21(14-22)23-15-24(17-25(16-23)33(47)40-26-8-9-26)32(46)39-10-13-44-11-3-4-12-44/h5-7,14-20,26H,2-4,8-13H2,1H3,(H,39,46)(H,40,47)(H2,38,41,42,49). The van der Waals surface area contributed by atoms with Gasteiger partial charge >= 0.3 is 6.03 Å². The molecule has 0 unspecified atom stereocenters. The van der Waals surface area contributed by atoms with Gasteiger partial charge in [0.1, 0.15) is 5.69 Å². The number of anilines is 2. The number of aromatic nitrogens is 3. The van der Waals surface area contributed by atoms with Crippen molar-refractivity contribution < 1.29 is 14.4 Å². The summed E-state index contributed by atoms with van der Waals surface area (Å²) in [6.45, 7) is 5.39. The molecule has 0 spiro atoms. The predicted molar refractivity (Wildman–Crippen MR) is 190 cm³/mol. The summed E-state index contributed by atoms with van der Waals surface area (Å²) >= 11 is 12.3. The molecule has 49 heavy (non-hydrogen) atoms. The first-order valence-corrected chi connectivity index (χ1v) is 17.0. The third-order valence-corrected chi connectivity index (χ3v) is 8.96. The van der Waals surface area contributed by atoms with E-state index in [-0.39, 0.29) is 45.8 Å². The second kappa shape index (κ2) is 15.2. The Morgan fingerprint density at radius 3 is 2.27 bits per heavy atom. The molecule has 2 aromatic heterocycles. The molecule has 254 valence electrons. The molecule has 4 N–H and O–H groups in total. The topological polar surface area (TPSA) is 150 Å². The molecule has 1 saturated carbocycles. The highest BCUT2D eigenvalue weighted by molar-refractivity contribution is 6.39. The number of urea groups is 1. The number of pyridine rings is 1. The Morgan fingerprint density at radius 2 is 1.57 bits per heavy atom. The van der Waals surface area contributed by atoms with Gasteiger partial charge in [-0.25, -0.2) is 9.48 Å². The summed E-state index contributed by atoms with van der Waals surface area (Å²) in [5.74, 6) is -0.482. The SMILES string of the molecule is CCn1nc(-c2cccc(-c3cc(C(=O)NCCN4CCCC4)cc(C(=O)NC4CC4)c3)c2)cc(NC(=O)Nc2c(Cl)cncc2Cl)c1=O. The van der Waals surface area contributed by atoms with Crippen LogP contribution < -0.4 is 26.8 Å². The lowest BCUT2D eigenvalue weighted by atomic mass is 9.97. The van der Waals surface area contributed by atoms with E-state index in [1.807, 2.05) is 24.3 Å². The van der Waals surface area contributed by atoms with Crippen LogP contribution in [0.25, 0.3) is 22.4 Å². The van der Waals surface area contributed by atoms with Gasteiger partial charge in [-0.15, -0.1) is 0 Å². The van der Waals surface area contributed by atoms with E-state index in [1.165, 1.54) is 36.0 Å². The van der Waals surface area contributed by atoms with Crippen LogP contribution in [0, 0.1) is 0 Å². The van der Waals surface area contributed by atoms with Crippen LogP contribution in [0.1, 0.15) is 53.3 Å². The quantitative estimate of drug-likeness (QED) is 0.158. The van der Waals surface area contributed by atoms with Gasteiger partial charge in [0.25, 0.3) is 17.4 Å². The number of carbonyl (C=O) groups excluding carboxylic acids is 3. The van der Waals surface area contributed by atoms with Gasteiger partial charge in [-0.05, 0) is 87.2 Å². The van der Waals surface area contributed by atoms with Crippen molar-refractivity contribution in [2.45, 2.75) is 45.2 Å². The fourth-order valence-electron chi connectivity index (χ4n) is 5.63. The van der Waals surface area contributed by atoms with E-state index in [0.717, 1.165) is 38.0 Å². The van der Waals surface area contributed by atoms with E-state index >= 15 is 0 Å². The number of benzene rings is 2. The minimum Gasteiger partial charge on any atom is -0.351 e. The molecule has 2 aliphatic rings. The molecule has 1 aliphatic carbocycles. The monoisotopic (exact) mass is 702 g/mol. The number of nitrogens with one attached hydrogen (secondary N) is 4. The van der Waals surface area contributed by atoms with E-state index in [0.29, 0.717) is 34.5 Å². The molecule has 3 heterocycles. The summed E-state index contributed by atoms with van der Waals surface area (Å²) in [5, 5.41) is 16.0. The van der Waals surface area contributed by atoms with Crippen LogP contribution in [-0.2, 0) is 6.54 Å². The zero-order valence-electron chi connectivity index (χ0n) is 26.9. The Labute approximate surface area is 293 Å². The van der Waals surface area contributed by atoms with Crippen molar-refractivity contribution in [3.05, 3.63) is 92.5 Å². The summed E-state index contributed by atoms with van der Waals surface area (Å²) in [6, 6.07) is 13.5. The maximum absolute atomic E-state index is 13.3. The van der Waals surface area contributed by atoms with Gasteiger partial charge < -0.3 is 26.2 Å². The molecule has 6 rings (SSSR count). The van der Waals surface area contributed by atoms with Gasteiger partial charge in [0.05, 0.1) is 21.4 Å². The molecule has 4 aromatic rings. The number of likely N-dealkylation sites (tertiary alicyclic amines) is 1. The van der Waals surface area contributed by atoms with Gasteiger partial charge in [-0.1, -0.05) is 41.4 Å². The molecule has 0 bridgehead atoms. The maximum atomic E-state index is 13.3. The molecule has 2 fully saturated rings. The average molecular weight is 704 g/mol. The third-order valence-electron chi connectivity index (χ3n) is 8.39. The first kappa shape index (κ1) is 34.1. The number of nitrogens with zero attached hydrogens (tertiary/aromatic N) is 4. The molecule has 1 saturated heterocycles. The number of hydrogen-bond donors (Lipinski definition) is 4. The van der Waals surface area contributed by atoms with Crippen molar-refractivity contribution in [1.29, 1.82) is 0 Å². The van der Waals surface area contributed by atoms with E-state index in [4.69, 9.17) is 23.2 Å². The summed E-state index contributed by atoms with van der Waals surface area (Å²) in [4.78, 5) is 58.7. The van der Waals surface area contributed by atoms with Crippen LogP contribution >= 0.6 is 23.2 Å². The largest absolute Gasteiger partial charge is 0.351 e. The molecule has 0 atom stereocenters. The summed E-state index contributed by atoms with van der Waals surface area (Å²) in [6.07, 6.45) is 6.90. The molecular weight excluding hydrogens is 667 g/mol. The van der Waals surface area contributed by atoms with Gasteiger partial charge in [0.2, 0.25) is 0 Å². The van der Waals surface area contributed by atoms with E-state index in [9.17, 15) is 19.2 Å². The zero-order chi connectivity index (χ0) is 34.5. The van der Waals surface area contributed by atoms with Crippen molar-refractivity contribution >= 4 is 52.4 Å². The van der Waals surface area contributed by atoms with Crippen molar-refractivity contribution in [2.75, 3.05) is 36.8 Å². The number of rotatable bonds is 11. The Bertz CT molecular complexity index is 1940. The Kier molecular flexibility index (Phi) is 10.6. The third kappa shape index (κ3) is 8.45. The van der Waals surface area contributed by atoms with Gasteiger partial charge in [0, 0.05) is 54.8 Å². The summed E-state index contributed by atoms with van der Waals surface area (Å²) in [5.41, 5.74) is 2.88.